The average molecular weight is 301 g/mol. The fraction of sp³-hybridized carbons (Fsp3) is 0.538. The molecule has 3 N–H and O–H groups in total. The molecule has 0 saturated heterocycles. The van der Waals surface area contributed by atoms with E-state index >= 15 is 0 Å². The molecule has 0 aromatic heterocycles. The summed E-state index contributed by atoms with van der Waals surface area (Å²) in [5.74, 6) is 0.606. The third kappa shape index (κ3) is 4.57. The summed E-state index contributed by atoms with van der Waals surface area (Å²) in [5.41, 5.74) is 7.16. The number of nitrogen functional groups attached to an aromatic ring is 1. The van der Waals surface area contributed by atoms with Crippen LogP contribution in [0.25, 0.3) is 0 Å². The number of nitrogens with two attached hydrogens (primary N) is 1. The fourth-order valence-electron chi connectivity index (χ4n) is 1.55. The second-order valence-electron chi connectivity index (χ2n) is 4.91. The van der Waals surface area contributed by atoms with Crippen molar-refractivity contribution in [3.63, 3.8) is 0 Å². The standard InChI is InChI=1S/C13H23N3O3S/c1-10(2)19-12-7-5-6-11(13(12)14)15-8-9-20(17,18)16(3)4/h5-7,10,15H,8-9,14H2,1-4H3. The van der Waals surface area contributed by atoms with Crippen molar-refractivity contribution < 1.29 is 13.2 Å². The summed E-state index contributed by atoms with van der Waals surface area (Å²) < 4.78 is 30.1. The molecule has 0 atom stereocenters. The Labute approximate surface area is 121 Å². The number of benzene rings is 1. The van der Waals surface area contributed by atoms with Crippen molar-refractivity contribution >= 4 is 21.4 Å². The van der Waals surface area contributed by atoms with Crippen LogP contribution in [0, 0.1) is 0 Å². The largest absolute Gasteiger partial charge is 0.489 e. The maximum absolute atomic E-state index is 11.6. The van der Waals surface area contributed by atoms with Crippen LogP contribution in [0.1, 0.15) is 13.8 Å². The number of sulfonamides is 1. The van der Waals surface area contributed by atoms with E-state index in [4.69, 9.17) is 10.5 Å². The quantitative estimate of drug-likeness (QED) is 0.743. The second kappa shape index (κ2) is 6.81. The smallest absolute Gasteiger partial charge is 0.215 e. The van der Waals surface area contributed by atoms with E-state index < -0.39 is 10.0 Å². The Bertz CT molecular complexity index is 542. The lowest BCUT2D eigenvalue weighted by Crippen LogP contribution is -2.28. The van der Waals surface area contributed by atoms with Crippen molar-refractivity contribution in [1.82, 2.24) is 4.31 Å². The molecule has 0 saturated carbocycles. The molecule has 20 heavy (non-hydrogen) atoms. The highest BCUT2D eigenvalue weighted by Gasteiger charge is 2.13. The van der Waals surface area contributed by atoms with Crippen LogP contribution in [0.2, 0.25) is 0 Å². The molecule has 0 spiro atoms. The molecule has 0 amide bonds. The van der Waals surface area contributed by atoms with E-state index in [0.29, 0.717) is 17.1 Å². The summed E-state index contributed by atoms with van der Waals surface area (Å²) in [6, 6.07) is 5.40. The minimum atomic E-state index is -3.21. The van der Waals surface area contributed by atoms with Crippen LogP contribution in [-0.4, -0.2) is 45.2 Å². The first kappa shape index (κ1) is 16.6. The summed E-state index contributed by atoms with van der Waals surface area (Å²) in [6.45, 7) is 4.13. The Kier molecular flexibility index (Phi) is 5.64. The van der Waals surface area contributed by atoms with Crippen molar-refractivity contribution in [2.24, 2.45) is 0 Å². The van der Waals surface area contributed by atoms with E-state index in [1.807, 2.05) is 19.9 Å². The average Bonchev–Trinajstić information content (AvgIpc) is 2.33. The Morgan fingerprint density at radius 3 is 2.55 bits per heavy atom. The lowest BCUT2D eigenvalue weighted by atomic mass is 10.2. The van der Waals surface area contributed by atoms with Gasteiger partial charge in [-0.3, -0.25) is 0 Å². The maximum atomic E-state index is 11.6. The topological polar surface area (TPSA) is 84.7 Å². The molecule has 0 radical (unpaired) electrons. The number of anilines is 2. The first-order valence-electron chi connectivity index (χ1n) is 6.43. The molecular weight excluding hydrogens is 278 g/mol. The molecule has 114 valence electrons. The van der Waals surface area contributed by atoms with Gasteiger partial charge in [0.15, 0.2) is 0 Å². The normalized spacial score (nSPS) is 11.9. The van der Waals surface area contributed by atoms with Crippen LogP contribution in [0.4, 0.5) is 11.4 Å². The number of rotatable bonds is 7. The molecule has 0 fully saturated rings. The molecule has 1 aromatic rings. The maximum Gasteiger partial charge on any atom is 0.215 e. The minimum absolute atomic E-state index is 0.00864. The van der Waals surface area contributed by atoms with Crippen LogP contribution in [0.3, 0.4) is 0 Å². The number of nitrogens with zero attached hydrogens (tertiary/aromatic N) is 1. The van der Waals surface area contributed by atoms with Crippen molar-refractivity contribution in [3.8, 4) is 5.75 Å². The van der Waals surface area contributed by atoms with Gasteiger partial charge in [-0.1, -0.05) is 6.07 Å². The van der Waals surface area contributed by atoms with E-state index in [0.717, 1.165) is 0 Å². The number of nitrogens with one attached hydrogen (secondary N) is 1. The van der Waals surface area contributed by atoms with Crippen LogP contribution < -0.4 is 15.8 Å². The van der Waals surface area contributed by atoms with Gasteiger partial charge in [-0.25, -0.2) is 12.7 Å². The first-order chi connectivity index (χ1) is 9.24. The van der Waals surface area contributed by atoms with Crippen molar-refractivity contribution in [2.45, 2.75) is 20.0 Å². The van der Waals surface area contributed by atoms with Gasteiger partial charge >= 0.3 is 0 Å². The van der Waals surface area contributed by atoms with Crippen LogP contribution in [0.15, 0.2) is 18.2 Å². The third-order valence-electron chi connectivity index (χ3n) is 2.66. The van der Waals surface area contributed by atoms with Gasteiger partial charge in [-0.05, 0) is 26.0 Å². The van der Waals surface area contributed by atoms with Crippen molar-refractivity contribution in [2.75, 3.05) is 37.4 Å². The first-order valence-corrected chi connectivity index (χ1v) is 8.04. The summed E-state index contributed by atoms with van der Waals surface area (Å²) in [7, 11) is -0.182. The predicted molar refractivity (Wildman–Crippen MR) is 82.6 cm³/mol. The lowest BCUT2D eigenvalue weighted by molar-refractivity contribution is 0.244. The van der Waals surface area contributed by atoms with Gasteiger partial charge in [-0.2, -0.15) is 0 Å². The summed E-state index contributed by atoms with van der Waals surface area (Å²) in [6.07, 6.45) is 0.0293. The highest BCUT2D eigenvalue weighted by atomic mass is 32.2. The molecular formula is C13H23N3O3S. The van der Waals surface area contributed by atoms with E-state index in [1.165, 1.54) is 18.4 Å². The Balaban J connectivity index is 2.70. The Morgan fingerprint density at radius 1 is 1.35 bits per heavy atom. The summed E-state index contributed by atoms with van der Waals surface area (Å²) in [4.78, 5) is 0. The number of ether oxygens (including phenoxy) is 1. The zero-order chi connectivity index (χ0) is 15.3. The fourth-order valence-corrected chi connectivity index (χ4v) is 2.28. The van der Waals surface area contributed by atoms with E-state index in [-0.39, 0.29) is 18.4 Å². The van der Waals surface area contributed by atoms with Crippen molar-refractivity contribution in [3.05, 3.63) is 18.2 Å². The summed E-state index contributed by atoms with van der Waals surface area (Å²) in [5, 5.41) is 3.03. The van der Waals surface area contributed by atoms with Crippen LogP contribution in [0.5, 0.6) is 5.75 Å². The van der Waals surface area contributed by atoms with E-state index in [1.54, 1.807) is 12.1 Å². The zero-order valence-electron chi connectivity index (χ0n) is 12.4. The zero-order valence-corrected chi connectivity index (χ0v) is 13.2. The van der Waals surface area contributed by atoms with Crippen LogP contribution in [-0.2, 0) is 10.0 Å². The second-order valence-corrected chi connectivity index (χ2v) is 7.21. The van der Waals surface area contributed by atoms with Gasteiger partial charge in [0.2, 0.25) is 10.0 Å². The van der Waals surface area contributed by atoms with E-state index in [2.05, 4.69) is 5.32 Å². The molecule has 0 bridgehead atoms. The van der Waals surface area contributed by atoms with Gasteiger partial charge < -0.3 is 15.8 Å². The molecule has 0 heterocycles. The molecule has 0 aliphatic carbocycles. The molecule has 0 aliphatic heterocycles. The van der Waals surface area contributed by atoms with E-state index in [9.17, 15) is 8.42 Å². The van der Waals surface area contributed by atoms with Gasteiger partial charge in [0, 0.05) is 20.6 Å². The SMILES string of the molecule is CC(C)Oc1cccc(NCCS(=O)(=O)N(C)C)c1N. The van der Waals surface area contributed by atoms with Crippen molar-refractivity contribution in [1.29, 1.82) is 0 Å². The number of para-hydroxylation sites is 1. The van der Waals surface area contributed by atoms with Gasteiger partial charge in [0.1, 0.15) is 5.75 Å². The molecule has 0 aliphatic rings. The molecule has 0 unspecified atom stereocenters. The number of hydrogen-bond donors (Lipinski definition) is 2. The highest BCUT2D eigenvalue weighted by molar-refractivity contribution is 7.89. The number of hydrogen-bond acceptors (Lipinski definition) is 5. The highest BCUT2D eigenvalue weighted by Crippen LogP contribution is 2.29. The third-order valence-corrected chi connectivity index (χ3v) is 4.49. The Hall–Kier alpha value is -1.47. The molecule has 6 nitrogen and oxygen atoms in total. The molecule has 1 rings (SSSR count). The Morgan fingerprint density at radius 2 is 2.00 bits per heavy atom. The lowest BCUT2D eigenvalue weighted by Gasteiger charge is -2.16. The van der Waals surface area contributed by atoms with Gasteiger partial charge in [0.05, 0.1) is 23.2 Å². The molecule has 1 aromatic carbocycles. The van der Waals surface area contributed by atoms with Gasteiger partial charge in [0.25, 0.3) is 0 Å². The predicted octanol–water partition coefficient (Wildman–Crippen LogP) is 1.36. The minimum Gasteiger partial charge on any atom is -0.489 e. The van der Waals surface area contributed by atoms with Gasteiger partial charge in [-0.15, -0.1) is 0 Å². The van der Waals surface area contributed by atoms with Crippen LogP contribution >= 0.6 is 0 Å². The summed E-state index contributed by atoms with van der Waals surface area (Å²) >= 11 is 0. The molecule has 7 heteroatoms. The monoisotopic (exact) mass is 301 g/mol.